The van der Waals surface area contributed by atoms with Crippen LogP contribution in [0.1, 0.15) is 16.8 Å². The molecule has 6 nitrogen and oxygen atoms in total. The third-order valence-electron chi connectivity index (χ3n) is 2.47. The molecule has 0 aliphatic rings. The third-order valence-corrected chi connectivity index (χ3v) is 2.47. The highest BCUT2D eigenvalue weighted by Gasteiger charge is 2.18. The first-order chi connectivity index (χ1) is 8.97. The van der Waals surface area contributed by atoms with Gasteiger partial charge in [0.15, 0.2) is 0 Å². The third kappa shape index (κ3) is 3.92. The summed E-state index contributed by atoms with van der Waals surface area (Å²) in [7, 11) is 1.46. The van der Waals surface area contributed by atoms with E-state index in [9.17, 15) is 14.0 Å². The molecule has 0 aromatic heterocycles. The molecule has 0 heterocycles. The van der Waals surface area contributed by atoms with Crippen molar-refractivity contribution in [2.45, 2.75) is 6.42 Å². The van der Waals surface area contributed by atoms with E-state index in [1.807, 2.05) is 0 Å². The number of carboxylic acid groups (broad SMARTS) is 1. The lowest BCUT2D eigenvalue weighted by molar-refractivity contribution is 0.0697. The molecule has 0 bridgehead atoms. The van der Waals surface area contributed by atoms with E-state index in [-0.39, 0.29) is 24.4 Å². The molecule has 1 aromatic rings. The number of anilines is 1. The summed E-state index contributed by atoms with van der Waals surface area (Å²) < 4.78 is 13.5. The van der Waals surface area contributed by atoms with Gasteiger partial charge in [0.2, 0.25) is 0 Å². The normalized spacial score (nSPS) is 10.1. The number of amides is 2. The van der Waals surface area contributed by atoms with Crippen molar-refractivity contribution in [2.75, 3.05) is 25.5 Å². The lowest BCUT2D eigenvalue weighted by Gasteiger charge is -2.18. The van der Waals surface area contributed by atoms with Crippen LogP contribution in [0.3, 0.4) is 0 Å². The Morgan fingerprint density at radius 1 is 1.42 bits per heavy atom. The molecule has 0 radical (unpaired) electrons. The van der Waals surface area contributed by atoms with Gasteiger partial charge in [0, 0.05) is 20.2 Å². The first-order valence-corrected chi connectivity index (χ1v) is 5.62. The van der Waals surface area contributed by atoms with Crippen molar-refractivity contribution in [3.63, 3.8) is 0 Å². The molecular formula is C12H15FN2O4. The number of para-hydroxylation sites is 1. The maximum atomic E-state index is 13.5. The zero-order valence-corrected chi connectivity index (χ0v) is 10.4. The number of benzene rings is 1. The summed E-state index contributed by atoms with van der Waals surface area (Å²) in [6, 6.07) is 2.88. The van der Waals surface area contributed by atoms with Crippen molar-refractivity contribution in [2.24, 2.45) is 0 Å². The van der Waals surface area contributed by atoms with Gasteiger partial charge >= 0.3 is 12.0 Å². The largest absolute Gasteiger partial charge is 0.478 e. The van der Waals surface area contributed by atoms with Crippen molar-refractivity contribution in [1.29, 1.82) is 0 Å². The summed E-state index contributed by atoms with van der Waals surface area (Å²) in [5.41, 5.74) is -0.681. The van der Waals surface area contributed by atoms with Crippen LogP contribution >= 0.6 is 0 Å². The number of carboxylic acids is 1. The minimum absolute atomic E-state index is 0.0717. The Balaban J connectivity index is 2.87. The quantitative estimate of drug-likeness (QED) is 0.753. The number of urea groups is 1. The van der Waals surface area contributed by atoms with Crippen LogP contribution in [0.5, 0.6) is 0 Å². The number of nitrogens with zero attached hydrogens (tertiary/aromatic N) is 1. The van der Waals surface area contributed by atoms with Gasteiger partial charge in [-0.2, -0.15) is 0 Å². The highest BCUT2D eigenvalue weighted by atomic mass is 19.1. The molecule has 0 saturated heterocycles. The number of carbonyl (C=O) groups excluding carboxylic acids is 1. The second-order valence-electron chi connectivity index (χ2n) is 3.90. The molecule has 0 unspecified atom stereocenters. The topological polar surface area (TPSA) is 89.9 Å². The minimum Gasteiger partial charge on any atom is -0.478 e. The van der Waals surface area contributed by atoms with Crippen molar-refractivity contribution < 1.29 is 24.2 Å². The predicted molar refractivity (Wildman–Crippen MR) is 66.7 cm³/mol. The monoisotopic (exact) mass is 270 g/mol. The smallest absolute Gasteiger partial charge is 0.337 e. The fourth-order valence-corrected chi connectivity index (χ4v) is 1.44. The Hall–Kier alpha value is -2.15. The van der Waals surface area contributed by atoms with Gasteiger partial charge in [-0.15, -0.1) is 0 Å². The number of halogens is 1. The van der Waals surface area contributed by atoms with Gasteiger partial charge in [-0.1, -0.05) is 6.07 Å². The van der Waals surface area contributed by atoms with Gasteiger partial charge in [0.1, 0.15) is 5.82 Å². The molecule has 0 saturated carbocycles. The second-order valence-corrected chi connectivity index (χ2v) is 3.90. The molecule has 0 spiro atoms. The molecule has 19 heavy (non-hydrogen) atoms. The summed E-state index contributed by atoms with van der Waals surface area (Å²) >= 11 is 0. The summed E-state index contributed by atoms with van der Waals surface area (Å²) in [6.07, 6.45) is 0.382. The van der Waals surface area contributed by atoms with Crippen LogP contribution in [0.25, 0.3) is 0 Å². The van der Waals surface area contributed by atoms with Crippen molar-refractivity contribution in [3.8, 4) is 0 Å². The van der Waals surface area contributed by atoms with Gasteiger partial charge in [-0.25, -0.2) is 14.0 Å². The fraction of sp³-hybridized carbons (Fsp3) is 0.333. The number of hydrogen-bond donors (Lipinski definition) is 3. The molecule has 1 rings (SSSR count). The molecule has 0 fully saturated rings. The van der Waals surface area contributed by atoms with Crippen molar-refractivity contribution in [1.82, 2.24) is 4.90 Å². The fourth-order valence-electron chi connectivity index (χ4n) is 1.44. The van der Waals surface area contributed by atoms with E-state index in [1.165, 1.54) is 24.1 Å². The SMILES string of the molecule is CN(CCCO)C(=O)Nc1c(F)cccc1C(=O)O. The lowest BCUT2D eigenvalue weighted by atomic mass is 10.1. The van der Waals surface area contributed by atoms with Gasteiger partial charge < -0.3 is 20.4 Å². The van der Waals surface area contributed by atoms with E-state index >= 15 is 0 Å². The van der Waals surface area contributed by atoms with E-state index in [4.69, 9.17) is 10.2 Å². The summed E-state index contributed by atoms with van der Waals surface area (Å²) in [5.74, 6) is -2.14. The number of hydrogen-bond acceptors (Lipinski definition) is 3. The van der Waals surface area contributed by atoms with Crippen LogP contribution in [0.15, 0.2) is 18.2 Å². The van der Waals surface area contributed by atoms with E-state index in [0.717, 1.165) is 6.07 Å². The van der Waals surface area contributed by atoms with Gasteiger partial charge in [0.05, 0.1) is 11.3 Å². The lowest BCUT2D eigenvalue weighted by Crippen LogP contribution is -2.33. The van der Waals surface area contributed by atoms with Gasteiger partial charge in [-0.05, 0) is 18.6 Å². The van der Waals surface area contributed by atoms with Crippen LogP contribution in [-0.2, 0) is 0 Å². The van der Waals surface area contributed by atoms with Crippen LogP contribution in [0.2, 0.25) is 0 Å². The maximum Gasteiger partial charge on any atom is 0.337 e. The number of nitrogens with one attached hydrogen (secondary N) is 1. The number of aromatic carboxylic acids is 1. The van der Waals surface area contributed by atoms with Crippen molar-refractivity contribution in [3.05, 3.63) is 29.6 Å². The van der Waals surface area contributed by atoms with Crippen LogP contribution < -0.4 is 5.32 Å². The molecule has 104 valence electrons. The first kappa shape index (κ1) is 14.9. The Morgan fingerprint density at radius 2 is 2.11 bits per heavy atom. The average molecular weight is 270 g/mol. The molecule has 2 amide bonds. The number of carbonyl (C=O) groups is 2. The molecule has 7 heteroatoms. The van der Waals surface area contributed by atoms with E-state index < -0.39 is 17.8 Å². The minimum atomic E-state index is -1.33. The molecular weight excluding hydrogens is 255 g/mol. The molecule has 3 N–H and O–H groups in total. The Morgan fingerprint density at radius 3 is 2.68 bits per heavy atom. The van der Waals surface area contributed by atoms with E-state index in [0.29, 0.717) is 6.42 Å². The summed E-state index contributed by atoms with van der Waals surface area (Å²) in [5, 5.41) is 19.8. The van der Waals surface area contributed by atoms with Crippen molar-refractivity contribution >= 4 is 17.7 Å². The highest BCUT2D eigenvalue weighted by Crippen LogP contribution is 2.20. The second kappa shape index (κ2) is 6.69. The highest BCUT2D eigenvalue weighted by molar-refractivity contribution is 6.00. The van der Waals surface area contributed by atoms with Crippen LogP contribution in [-0.4, -0.2) is 47.3 Å². The first-order valence-electron chi connectivity index (χ1n) is 5.62. The Labute approximate surface area is 109 Å². The van der Waals surface area contributed by atoms with Crippen LogP contribution in [0.4, 0.5) is 14.9 Å². The average Bonchev–Trinajstić information content (AvgIpc) is 2.37. The van der Waals surface area contributed by atoms with Gasteiger partial charge in [-0.3, -0.25) is 0 Å². The number of aliphatic hydroxyl groups is 1. The zero-order chi connectivity index (χ0) is 14.4. The van der Waals surface area contributed by atoms with Crippen LogP contribution in [0, 0.1) is 5.82 Å². The zero-order valence-electron chi connectivity index (χ0n) is 10.4. The Bertz CT molecular complexity index is 479. The molecule has 0 aliphatic heterocycles. The standard InChI is InChI=1S/C12H15FN2O4/c1-15(6-3-7-16)12(19)14-10-8(11(17)18)4-2-5-9(10)13/h2,4-5,16H,3,6-7H2,1H3,(H,14,19)(H,17,18). The molecule has 0 atom stereocenters. The maximum absolute atomic E-state index is 13.5. The Kier molecular flexibility index (Phi) is 5.25. The molecule has 0 aliphatic carbocycles. The van der Waals surface area contributed by atoms with E-state index in [1.54, 1.807) is 0 Å². The van der Waals surface area contributed by atoms with E-state index in [2.05, 4.69) is 5.32 Å². The predicted octanol–water partition coefficient (Wildman–Crippen LogP) is 1.37. The number of aliphatic hydroxyl groups excluding tert-OH is 1. The summed E-state index contributed by atoms with van der Waals surface area (Å²) in [4.78, 5) is 23.9. The molecule has 1 aromatic carbocycles. The summed E-state index contributed by atoms with van der Waals surface area (Å²) in [6.45, 7) is 0.205. The number of rotatable bonds is 5. The van der Waals surface area contributed by atoms with Gasteiger partial charge in [0.25, 0.3) is 0 Å².